The first-order valence-corrected chi connectivity index (χ1v) is 9.29. The topological polar surface area (TPSA) is 84.2 Å². The molecule has 0 aliphatic heterocycles. The van der Waals surface area contributed by atoms with Gasteiger partial charge < -0.3 is 16.4 Å². The molecule has 4 N–H and O–H groups in total. The van der Waals surface area contributed by atoms with Gasteiger partial charge in [-0.25, -0.2) is 0 Å². The van der Waals surface area contributed by atoms with E-state index in [0.717, 1.165) is 16.7 Å². The molecule has 0 aromatic heterocycles. The quantitative estimate of drug-likeness (QED) is 0.661. The van der Waals surface area contributed by atoms with Crippen LogP contribution in [0.1, 0.15) is 59.8 Å². The zero-order valence-electron chi connectivity index (χ0n) is 16.9. The first-order chi connectivity index (χ1) is 12.8. The maximum Gasteiger partial charge on any atom is 0.251 e. The van der Waals surface area contributed by atoms with Crippen LogP contribution in [0.5, 0.6) is 0 Å². The molecule has 0 radical (unpaired) electrons. The largest absolute Gasteiger partial charge is 0.350 e. The summed E-state index contributed by atoms with van der Waals surface area (Å²) >= 11 is 0. The zero-order valence-corrected chi connectivity index (χ0v) is 17.7. The summed E-state index contributed by atoms with van der Waals surface area (Å²) in [5.74, 6) is -0.149. The molecule has 2 aromatic carbocycles. The second kappa shape index (κ2) is 10.8. The lowest BCUT2D eigenvalue weighted by molar-refractivity contribution is -0.122. The van der Waals surface area contributed by atoms with E-state index in [2.05, 4.69) is 24.5 Å². The monoisotopic (exact) mass is 403 g/mol. The van der Waals surface area contributed by atoms with Crippen molar-refractivity contribution >= 4 is 24.2 Å². The lowest BCUT2D eigenvalue weighted by Crippen LogP contribution is -2.44. The Labute approximate surface area is 173 Å². The van der Waals surface area contributed by atoms with Gasteiger partial charge in [-0.05, 0) is 37.0 Å². The Morgan fingerprint density at radius 1 is 1.04 bits per heavy atom. The molecule has 5 nitrogen and oxygen atoms in total. The zero-order chi connectivity index (χ0) is 20.0. The van der Waals surface area contributed by atoms with E-state index in [1.54, 1.807) is 6.92 Å². The van der Waals surface area contributed by atoms with E-state index in [1.807, 2.05) is 55.5 Å². The van der Waals surface area contributed by atoms with Gasteiger partial charge in [-0.3, -0.25) is 9.59 Å². The van der Waals surface area contributed by atoms with Gasteiger partial charge in [0.15, 0.2) is 0 Å². The van der Waals surface area contributed by atoms with Gasteiger partial charge in [0, 0.05) is 12.1 Å². The van der Waals surface area contributed by atoms with Gasteiger partial charge in [0.2, 0.25) is 5.91 Å². The molecular weight excluding hydrogens is 374 g/mol. The van der Waals surface area contributed by atoms with Crippen molar-refractivity contribution in [1.29, 1.82) is 0 Å². The maximum atomic E-state index is 12.8. The highest BCUT2D eigenvalue weighted by Crippen LogP contribution is 2.21. The van der Waals surface area contributed by atoms with Crippen molar-refractivity contribution in [2.75, 3.05) is 6.54 Å². The number of benzene rings is 2. The Balaban J connectivity index is 0.00000392. The molecule has 0 bridgehead atoms. The molecule has 0 spiro atoms. The van der Waals surface area contributed by atoms with Crippen LogP contribution < -0.4 is 16.4 Å². The van der Waals surface area contributed by atoms with Crippen molar-refractivity contribution < 1.29 is 9.59 Å². The van der Waals surface area contributed by atoms with Crippen LogP contribution in [-0.2, 0) is 4.79 Å². The van der Waals surface area contributed by atoms with E-state index in [9.17, 15) is 9.59 Å². The minimum absolute atomic E-state index is 0. The van der Waals surface area contributed by atoms with Gasteiger partial charge in [0.25, 0.3) is 5.91 Å². The number of hydrogen-bond donors (Lipinski definition) is 3. The SMILES string of the molecule is Cc1ccc(C(C)C)c(C(=O)NC[C@@H](NC(=O)C(C)N)c2ccccc2)c1.Cl. The van der Waals surface area contributed by atoms with Gasteiger partial charge in [0.1, 0.15) is 0 Å². The van der Waals surface area contributed by atoms with Crippen LogP contribution in [0.2, 0.25) is 0 Å². The number of rotatable bonds is 7. The van der Waals surface area contributed by atoms with E-state index in [1.165, 1.54) is 0 Å². The molecule has 2 atom stereocenters. The van der Waals surface area contributed by atoms with Crippen molar-refractivity contribution in [3.8, 4) is 0 Å². The number of nitrogens with one attached hydrogen (secondary N) is 2. The summed E-state index contributed by atoms with van der Waals surface area (Å²) in [5, 5.41) is 5.88. The van der Waals surface area contributed by atoms with E-state index in [4.69, 9.17) is 5.73 Å². The number of carbonyl (C=O) groups is 2. The highest BCUT2D eigenvalue weighted by molar-refractivity contribution is 5.96. The first-order valence-electron chi connectivity index (χ1n) is 9.29. The summed E-state index contributed by atoms with van der Waals surface area (Å²) < 4.78 is 0. The standard InChI is InChI=1S/C22H29N3O2.ClH/c1-14(2)18-11-10-15(3)12-19(18)22(27)24-13-20(25-21(26)16(4)23)17-8-6-5-7-9-17;/h5-12,14,16,20H,13,23H2,1-4H3,(H,24,27)(H,25,26);1H/t16?,20-;/m1./s1. The smallest absolute Gasteiger partial charge is 0.251 e. The molecular formula is C22H30ClN3O2. The van der Waals surface area contributed by atoms with Crippen molar-refractivity contribution in [3.05, 3.63) is 70.8 Å². The summed E-state index contributed by atoms with van der Waals surface area (Å²) in [4.78, 5) is 24.9. The average Bonchev–Trinajstić information content (AvgIpc) is 2.64. The molecule has 0 aliphatic carbocycles. The Hall–Kier alpha value is -2.37. The van der Waals surface area contributed by atoms with Gasteiger partial charge >= 0.3 is 0 Å². The highest BCUT2D eigenvalue weighted by Gasteiger charge is 2.19. The van der Waals surface area contributed by atoms with Crippen LogP contribution in [0, 0.1) is 6.92 Å². The van der Waals surface area contributed by atoms with Crippen LogP contribution in [0.3, 0.4) is 0 Å². The summed E-state index contributed by atoms with van der Waals surface area (Å²) in [6, 6.07) is 14.5. The molecule has 6 heteroatoms. The fourth-order valence-electron chi connectivity index (χ4n) is 2.90. The van der Waals surface area contributed by atoms with Crippen LogP contribution in [0.15, 0.2) is 48.5 Å². The molecule has 2 rings (SSSR count). The summed E-state index contributed by atoms with van der Waals surface area (Å²) in [7, 11) is 0. The van der Waals surface area contributed by atoms with Crippen molar-refractivity contribution in [3.63, 3.8) is 0 Å². The Morgan fingerprint density at radius 2 is 1.68 bits per heavy atom. The molecule has 0 aliphatic rings. The molecule has 2 amide bonds. The lowest BCUT2D eigenvalue weighted by atomic mass is 9.95. The number of hydrogen-bond acceptors (Lipinski definition) is 3. The van der Waals surface area contributed by atoms with E-state index in [-0.39, 0.29) is 42.7 Å². The number of aryl methyl sites for hydroxylation is 1. The summed E-state index contributed by atoms with van der Waals surface area (Å²) in [5.41, 5.74) is 9.32. The van der Waals surface area contributed by atoms with Crippen LogP contribution in [0.25, 0.3) is 0 Å². The Kier molecular flexibility index (Phi) is 9.16. The fourth-order valence-corrected chi connectivity index (χ4v) is 2.90. The van der Waals surface area contributed by atoms with E-state index >= 15 is 0 Å². The van der Waals surface area contributed by atoms with Crippen LogP contribution in [0.4, 0.5) is 0 Å². The second-order valence-corrected chi connectivity index (χ2v) is 7.22. The Bertz CT molecular complexity index is 792. The minimum Gasteiger partial charge on any atom is -0.350 e. The second-order valence-electron chi connectivity index (χ2n) is 7.22. The summed E-state index contributed by atoms with van der Waals surface area (Å²) in [6.45, 7) is 8.02. The normalized spacial score (nSPS) is 12.6. The van der Waals surface area contributed by atoms with Crippen molar-refractivity contribution in [2.24, 2.45) is 5.73 Å². The summed E-state index contributed by atoms with van der Waals surface area (Å²) in [6.07, 6.45) is 0. The first kappa shape index (κ1) is 23.7. The number of amides is 2. The molecule has 0 fully saturated rings. The third kappa shape index (κ3) is 6.36. The van der Waals surface area contributed by atoms with E-state index in [0.29, 0.717) is 5.56 Å². The van der Waals surface area contributed by atoms with E-state index < -0.39 is 6.04 Å². The van der Waals surface area contributed by atoms with Crippen molar-refractivity contribution in [1.82, 2.24) is 10.6 Å². The molecule has 0 heterocycles. The van der Waals surface area contributed by atoms with Gasteiger partial charge in [-0.15, -0.1) is 12.4 Å². The van der Waals surface area contributed by atoms with Gasteiger partial charge in [0.05, 0.1) is 12.1 Å². The lowest BCUT2D eigenvalue weighted by Gasteiger charge is -2.22. The molecule has 28 heavy (non-hydrogen) atoms. The minimum atomic E-state index is -0.615. The van der Waals surface area contributed by atoms with Crippen molar-refractivity contribution in [2.45, 2.75) is 45.7 Å². The third-order valence-electron chi connectivity index (χ3n) is 4.47. The maximum absolute atomic E-state index is 12.8. The molecule has 152 valence electrons. The van der Waals surface area contributed by atoms with Gasteiger partial charge in [-0.1, -0.05) is 61.9 Å². The molecule has 1 unspecified atom stereocenters. The predicted molar refractivity (Wildman–Crippen MR) is 116 cm³/mol. The Morgan fingerprint density at radius 3 is 2.25 bits per heavy atom. The number of halogens is 1. The highest BCUT2D eigenvalue weighted by atomic mass is 35.5. The predicted octanol–water partition coefficient (Wildman–Crippen LogP) is 3.47. The van der Waals surface area contributed by atoms with Crippen LogP contribution in [-0.4, -0.2) is 24.4 Å². The molecule has 2 aromatic rings. The molecule has 0 saturated carbocycles. The fraction of sp³-hybridized carbons (Fsp3) is 0.364. The average molecular weight is 404 g/mol. The number of carbonyl (C=O) groups excluding carboxylic acids is 2. The molecule has 0 saturated heterocycles. The van der Waals surface area contributed by atoms with Gasteiger partial charge in [-0.2, -0.15) is 0 Å². The third-order valence-corrected chi connectivity index (χ3v) is 4.47. The van der Waals surface area contributed by atoms with Crippen LogP contribution >= 0.6 is 12.4 Å². The number of nitrogens with two attached hydrogens (primary N) is 1.